The lowest BCUT2D eigenvalue weighted by Gasteiger charge is -2.26. The molecule has 8 nitrogen and oxygen atoms in total. The molecule has 8 heteroatoms. The van der Waals surface area contributed by atoms with E-state index in [1.807, 2.05) is 19.2 Å². The largest absolute Gasteiger partial charge is 0.478 e. The molecule has 0 atom stereocenters. The maximum atomic E-state index is 12.0. The van der Waals surface area contributed by atoms with Gasteiger partial charge in [-0.1, -0.05) is 0 Å². The molecule has 0 spiro atoms. The number of benzene rings is 1. The molecule has 3 rings (SSSR count). The highest BCUT2D eigenvalue weighted by Crippen LogP contribution is 2.33. The molecule has 0 fully saturated rings. The lowest BCUT2D eigenvalue weighted by Crippen LogP contribution is -2.27. The molecule has 0 saturated heterocycles. The molecule has 2 aromatic heterocycles. The Balaban J connectivity index is 2.01. The standard InChI is InChI=1S/C24H28N4O4/c1-14(2)28(6)19-12-17-11-15(22(29)30)7-9-18(17)26-21(19)16-8-10-20(25-13-16)27-23(31)32-24(3,4)5/h7-14H,1-6H3,(H,29,30)(H,25,27,31). The lowest BCUT2D eigenvalue weighted by molar-refractivity contribution is 0.0633. The monoisotopic (exact) mass is 436 g/mol. The summed E-state index contributed by atoms with van der Waals surface area (Å²) in [5, 5.41) is 12.7. The van der Waals surface area contributed by atoms with Crippen LogP contribution in [0.2, 0.25) is 0 Å². The molecular formula is C24H28N4O4. The number of carboxylic acid groups (broad SMARTS) is 1. The summed E-state index contributed by atoms with van der Waals surface area (Å²) < 4.78 is 5.26. The van der Waals surface area contributed by atoms with Crippen molar-refractivity contribution in [1.82, 2.24) is 9.97 Å². The number of amides is 1. The number of anilines is 2. The number of nitrogens with one attached hydrogen (secondary N) is 1. The van der Waals surface area contributed by atoms with E-state index in [9.17, 15) is 14.7 Å². The fourth-order valence-electron chi connectivity index (χ4n) is 3.07. The summed E-state index contributed by atoms with van der Waals surface area (Å²) in [5.74, 6) is -0.610. The first kappa shape index (κ1) is 23.0. The Morgan fingerprint density at radius 3 is 2.41 bits per heavy atom. The van der Waals surface area contributed by atoms with E-state index in [-0.39, 0.29) is 11.6 Å². The van der Waals surface area contributed by atoms with E-state index in [1.165, 1.54) is 0 Å². The Hall–Kier alpha value is -3.68. The summed E-state index contributed by atoms with van der Waals surface area (Å²) in [6, 6.07) is 10.5. The number of nitrogens with zero attached hydrogens (tertiary/aromatic N) is 3. The molecule has 1 amide bonds. The molecule has 0 aliphatic carbocycles. The quantitative estimate of drug-likeness (QED) is 0.567. The number of aromatic carboxylic acids is 1. The molecule has 0 unspecified atom stereocenters. The number of hydrogen-bond acceptors (Lipinski definition) is 6. The van der Waals surface area contributed by atoms with Crippen molar-refractivity contribution in [3.63, 3.8) is 0 Å². The Labute approximate surface area is 187 Å². The van der Waals surface area contributed by atoms with Gasteiger partial charge >= 0.3 is 12.1 Å². The minimum Gasteiger partial charge on any atom is -0.478 e. The molecule has 2 heterocycles. The Bertz CT molecular complexity index is 1150. The maximum absolute atomic E-state index is 12.0. The van der Waals surface area contributed by atoms with Crippen molar-refractivity contribution in [3.8, 4) is 11.3 Å². The van der Waals surface area contributed by atoms with Gasteiger partial charge in [-0.3, -0.25) is 5.32 Å². The predicted molar refractivity (Wildman–Crippen MR) is 125 cm³/mol. The van der Waals surface area contributed by atoms with E-state index in [4.69, 9.17) is 9.72 Å². The van der Waals surface area contributed by atoms with Gasteiger partial charge in [0, 0.05) is 30.2 Å². The smallest absolute Gasteiger partial charge is 0.413 e. The SMILES string of the molecule is CC(C)N(C)c1cc2cc(C(=O)O)ccc2nc1-c1ccc(NC(=O)OC(C)(C)C)nc1. The average Bonchev–Trinajstić information content (AvgIpc) is 2.70. The van der Waals surface area contributed by atoms with Gasteiger partial charge in [-0.05, 0) is 71.0 Å². The van der Waals surface area contributed by atoms with Crippen LogP contribution in [0.15, 0.2) is 42.6 Å². The van der Waals surface area contributed by atoms with Crippen molar-refractivity contribution in [2.45, 2.75) is 46.3 Å². The third-order valence-electron chi connectivity index (χ3n) is 4.86. The molecule has 1 aromatic carbocycles. The van der Waals surface area contributed by atoms with Crippen molar-refractivity contribution < 1.29 is 19.4 Å². The zero-order valence-electron chi connectivity index (χ0n) is 19.1. The van der Waals surface area contributed by atoms with Gasteiger partial charge in [-0.25, -0.2) is 19.6 Å². The number of carboxylic acids is 1. The van der Waals surface area contributed by atoms with Crippen LogP contribution in [0, 0.1) is 0 Å². The molecule has 3 aromatic rings. The van der Waals surface area contributed by atoms with Gasteiger partial charge in [0.2, 0.25) is 0 Å². The fraction of sp³-hybridized carbons (Fsp3) is 0.333. The summed E-state index contributed by atoms with van der Waals surface area (Å²) in [4.78, 5) is 34.6. The summed E-state index contributed by atoms with van der Waals surface area (Å²) in [5.41, 5.74) is 2.63. The van der Waals surface area contributed by atoms with E-state index in [0.29, 0.717) is 17.0 Å². The fourth-order valence-corrected chi connectivity index (χ4v) is 3.07. The normalized spacial score (nSPS) is 11.5. The highest BCUT2D eigenvalue weighted by atomic mass is 16.6. The number of carbonyl (C=O) groups excluding carboxylic acids is 1. The Kier molecular flexibility index (Phi) is 6.34. The third kappa shape index (κ3) is 5.32. The highest BCUT2D eigenvalue weighted by Gasteiger charge is 2.18. The molecule has 0 bridgehead atoms. The molecule has 0 aliphatic heterocycles. The van der Waals surface area contributed by atoms with E-state index >= 15 is 0 Å². The first-order chi connectivity index (χ1) is 14.9. The van der Waals surface area contributed by atoms with Crippen molar-refractivity contribution in [1.29, 1.82) is 0 Å². The third-order valence-corrected chi connectivity index (χ3v) is 4.86. The van der Waals surface area contributed by atoms with Gasteiger partial charge in [0.25, 0.3) is 0 Å². The molecule has 168 valence electrons. The van der Waals surface area contributed by atoms with Crippen LogP contribution in [0.25, 0.3) is 22.2 Å². The van der Waals surface area contributed by atoms with Gasteiger partial charge in [0.05, 0.1) is 22.5 Å². The number of ether oxygens (including phenoxy) is 1. The van der Waals surface area contributed by atoms with Crippen molar-refractivity contribution >= 4 is 34.5 Å². The Morgan fingerprint density at radius 1 is 1.12 bits per heavy atom. The summed E-state index contributed by atoms with van der Waals surface area (Å²) in [6.07, 6.45) is 1.07. The van der Waals surface area contributed by atoms with Gasteiger partial charge < -0.3 is 14.7 Å². The van der Waals surface area contributed by atoms with Gasteiger partial charge in [-0.2, -0.15) is 0 Å². The molecule has 2 N–H and O–H groups in total. The minimum absolute atomic E-state index is 0.191. The van der Waals surface area contributed by atoms with Gasteiger partial charge in [-0.15, -0.1) is 0 Å². The zero-order chi connectivity index (χ0) is 23.6. The molecule has 0 aliphatic rings. The number of carbonyl (C=O) groups is 2. The first-order valence-electron chi connectivity index (χ1n) is 10.3. The number of pyridine rings is 2. The average molecular weight is 437 g/mol. The molecular weight excluding hydrogens is 408 g/mol. The van der Waals surface area contributed by atoms with E-state index < -0.39 is 17.7 Å². The second-order valence-corrected chi connectivity index (χ2v) is 8.83. The van der Waals surface area contributed by atoms with Crippen LogP contribution < -0.4 is 10.2 Å². The summed E-state index contributed by atoms with van der Waals surface area (Å²) >= 11 is 0. The highest BCUT2D eigenvalue weighted by molar-refractivity contribution is 5.96. The number of rotatable bonds is 5. The van der Waals surface area contributed by atoms with Crippen molar-refractivity contribution in [2.24, 2.45) is 0 Å². The second kappa shape index (κ2) is 8.82. The summed E-state index contributed by atoms with van der Waals surface area (Å²) in [6.45, 7) is 9.50. The minimum atomic E-state index is -0.980. The number of fused-ring (bicyclic) bond motifs is 1. The van der Waals surface area contributed by atoms with E-state index in [1.54, 1.807) is 51.2 Å². The van der Waals surface area contributed by atoms with Crippen molar-refractivity contribution in [2.75, 3.05) is 17.3 Å². The lowest BCUT2D eigenvalue weighted by atomic mass is 10.1. The second-order valence-electron chi connectivity index (χ2n) is 8.83. The van der Waals surface area contributed by atoms with Crippen LogP contribution in [0.3, 0.4) is 0 Å². The predicted octanol–water partition coefficient (Wildman–Crippen LogP) is 5.19. The zero-order valence-corrected chi connectivity index (χ0v) is 19.1. The van der Waals surface area contributed by atoms with Crippen LogP contribution in [0.4, 0.5) is 16.3 Å². The van der Waals surface area contributed by atoms with Gasteiger partial charge in [0.1, 0.15) is 11.4 Å². The Morgan fingerprint density at radius 2 is 1.84 bits per heavy atom. The van der Waals surface area contributed by atoms with Crippen LogP contribution >= 0.6 is 0 Å². The molecule has 0 radical (unpaired) electrons. The molecule has 0 saturated carbocycles. The van der Waals surface area contributed by atoms with Crippen LogP contribution in [0.1, 0.15) is 45.0 Å². The number of aromatic nitrogens is 2. The topological polar surface area (TPSA) is 105 Å². The van der Waals surface area contributed by atoms with E-state index in [2.05, 4.69) is 29.0 Å². The van der Waals surface area contributed by atoms with E-state index in [0.717, 1.165) is 16.6 Å². The van der Waals surface area contributed by atoms with Crippen LogP contribution in [-0.4, -0.2) is 45.8 Å². The van der Waals surface area contributed by atoms with Crippen molar-refractivity contribution in [3.05, 3.63) is 48.2 Å². The molecule has 32 heavy (non-hydrogen) atoms. The van der Waals surface area contributed by atoms with Crippen LogP contribution in [-0.2, 0) is 4.74 Å². The van der Waals surface area contributed by atoms with Gasteiger partial charge in [0.15, 0.2) is 0 Å². The summed E-state index contributed by atoms with van der Waals surface area (Å²) in [7, 11) is 1.96. The maximum Gasteiger partial charge on any atom is 0.413 e. The first-order valence-corrected chi connectivity index (χ1v) is 10.3. The van der Waals surface area contributed by atoms with Crippen LogP contribution in [0.5, 0.6) is 0 Å². The number of hydrogen-bond donors (Lipinski definition) is 2.